The molecule has 0 unspecified atom stereocenters. The van der Waals surface area contributed by atoms with E-state index in [9.17, 15) is 0 Å². The van der Waals surface area contributed by atoms with E-state index in [-0.39, 0.29) is 0 Å². The van der Waals surface area contributed by atoms with Gasteiger partial charge >= 0.3 is 0 Å². The van der Waals surface area contributed by atoms with Gasteiger partial charge < -0.3 is 4.74 Å². The van der Waals surface area contributed by atoms with Crippen molar-refractivity contribution in [1.29, 1.82) is 0 Å². The number of aryl methyl sites for hydroxylation is 2. The fraction of sp³-hybridized carbons (Fsp3) is 0.636. The van der Waals surface area contributed by atoms with Crippen LogP contribution in [-0.4, -0.2) is 16.1 Å². The maximum atomic E-state index is 5.79. The summed E-state index contributed by atoms with van der Waals surface area (Å²) in [6.07, 6.45) is 5.29. The molecule has 0 bridgehead atoms. The second-order valence-electron chi connectivity index (χ2n) is 3.92. The van der Waals surface area contributed by atoms with Crippen molar-refractivity contribution in [3.63, 3.8) is 0 Å². The Balaban J connectivity index is 2.07. The summed E-state index contributed by atoms with van der Waals surface area (Å²) in [5.41, 5.74) is 0.977. The number of hydrogen-bond acceptors (Lipinski definition) is 3. The van der Waals surface area contributed by atoms with Crippen molar-refractivity contribution in [2.24, 2.45) is 0 Å². The van der Waals surface area contributed by atoms with Gasteiger partial charge in [0.1, 0.15) is 11.9 Å². The van der Waals surface area contributed by atoms with E-state index in [0.29, 0.717) is 6.10 Å². The average Bonchev–Trinajstić information content (AvgIpc) is 2.54. The molecule has 0 aliphatic heterocycles. The van der Waals surface area contributed by atoms with Crippen LogP contribution in [0.4, 0.5) is 0 Å². The molecule has 2 rings (SSSR count). The molecule has 0 saturated heterocycles. The lowest BCUT2D eigenvalue weighted by atomic mass is 10.3. The molecule has 0 spiro atoms. The van der Waals surface area contributed by atoms with Gasteiger partial charge in [-0.25, -0.2) is 4.98 Å². The molecule has 1 heterocycles. The van der Waals surface area contributed by atoms with E-state index >= 15 is 0 Å². The molecule has 0 amide bonds. The molecule has 1 saturated carbocycles. The first-order chi connectivity index (χ1) is 6.74. The molecule has 76 valence electrons. The van der Waals surface area contributed by atoms with Gasteiger partial charge in [-0.3, -0.25) is 0 Å². The van der Waals surface area contributed by atoms with E-state index < -0.39 is 0 Å². The quantitative estimate of drug-likeness (QED) is 0.721. The minimum Gasteiger partial charge on any atom is -0.474 e. The van der Waals surface area contributed by atoms with E-state index in [0.717, 1.165) is 17.4 Å². The summed E-state index contributed by atoms with van der Waals surface area (Å²) in [6, 6.07) is 1.91. The molecule has 0 atom stereocenters. The van der Waals surface area contributed by atoms with Gasteiger partial charge in [-0.1, -0.05) is 0 Å². The van der Waals surface area contributed by atoms with E-state index in [1.54, 1.807) is 0 Å². The van der Waals surface area contributed by atoms with Crippen molar-refractivity contribution in [3.05, 3.63) is 17.6 Å². The van der Waals surface area contributed by atoms with Crippen LogP contribution in [0.5, 0.6) is 5.88 Å². The van der Waals surface area contributed by atoms with E-state index in [2.05, 4.69) is 9.97 Å². The Morgan fingerprint density at radius 2 is 1.93 bits per heavy atom. The predicted molar refractivity (Wildman–Crippen MR) is 54.4 cm³/mol. The summed E-state index contributed by atoms with van der Waals surface area (Å²) in [4.78, 5) is 8.48. The second kappa shape index (κ2) is 3.95. The van der Waals surface area contributed by atoms with Crippen molar-refractivity contribution in [2.45, 2.75) is 45.6 Å². The summed E-state index contributed by atoms with van der Waals surface area (Å²) in [5.74, 6) is 1.53. The van der Waals surface area contributed by atoms with Crippen LogP contribution >= 0.6 is 0 Å². The first kappa shape index (κ1) is 9.44. The highest BCUT2D eigenvalue weighted by atomic mass is 16.5. The topological polar surface area (TPSA) is 35.0 Å². The summed E-state index contributed by atoms with van der Waals surface area (Å²) in [6.45, 7) is 3.87. The summed E-state index contributed by atoms with van der Waals surface area (Å²) < 4.78 is 5.79. The molecular formula is C11H16N2O. The minimum atomic E-state index is 0.378. The van der Waals surface area contributed by atoms with Gasteiger partial charge in [0.2, 0.25) is 5.88 Å². The molecule has 1 aromatic heterocycles. The zero-order chi connectivity index (χ0) is 9.97. The molecule has 1 aliphatic rings. The van der Waals surface area contributed by atoms with Crippen LogP contribution in [0.15, 0.2) is 6.07 Å². The molecule has 0 radical (unpaired) electrons. The van der Waals surface area contributed by atoms with E-state index in [1.165, 1.54) is 25.7 Å². The number of aromatic nitrogens is 2. The van der Waals surface area contributed by atoms with Crippen molar-refractivity contribution in [1.82, 2.24) is 9.97 Å². The Kier molecular flexibility index (Phi) is 2.66. The van der Waals surface area contributed by atoms with Gasteiger partial charge in [0.25, 0.3) is 0 Å². The molecule has 1 aliphatic carbocycles. The highest BCUT2D eigenvalue weighted by molar-refractivity contribution is 5.15. The first-order valence-electron chi connectivity index (χ1n) is 5.23. The molecule has 14 heavy (non-hydrogen) atoms. The lowest BCUT2D eigenvalue weighted by Gasteiger charge is -2.12. The highest BCUT2D eigenvalue weighted by Gasteiger charge is 2.17. The Hall–Kier alpha value is -1.12. The van der Waals surface area contributed by atoms with E-state index in [1.807, 2.05) is 19.9 Å². The SMILES string of the molecule is Cc1cc(OC2CCCC2)nc(C)n1. The van der Waals surface area contributed by atoms with Crippen LogP contribution in [0.25, 0.3) is 0 Å². The van der Waals surface area contributed by atoms with Crippen molar-refractivity contribution in [2.75, 3.05) is 0 Å². The zero-order valence-electron chi connectivity index (χ0n) is 8.79. The maximum absolute atomic E-state index is 5.79. The van der Waals surface area contributed by atoms with Crippen molar-refractivity contribution >= 4 is 0 Å². The van der Waals surface area contributed by atoms with Gasteiger partial charge in [0.05, 0.1) is 0 Å². The van der Waals surface area contributed by atoms with E-state index in [4.69, 9.17) is 4.74 Å². The fourth-order valence-corrected chi connectivity index (χ4v) is 1.92. The molecule has 3 heteroatoms. The Labute approximate surface area is 84.5 Å². The number of hydrogen-bond donors (Lipinski definition) is 0. The third-order valence-corrected chi connectivity index (χ3v) is 2.53. The highest BCUT2D eigenvalue weighted by Crippen LogP contribution is 2.23. The summed E-state index contributed by atoms with van der Waals surface area (Å²) in [7, 11) is 0. The summed E-state index contributed by atoms with van der Waals surface area (Å²) >= 11 is 0. The van der Waals surface area contributed by atoms with Gasteiger partial charge in [0, 0.05) is 11.8 Å². The van der Waals surface area contributed by atoms with Gasteiger partial charge in [-0.15, -0.1) is 0 Å². The predicted octanol–water partition coefficient (Wildman–Crippen LogP) is 2.41. The Morgan fingerprint density at radius 1 is 1.21 bits per heavy atom. The standard InChI is InChI=1S/C11H16N2O/c1-8-7-11(13-9(2)12-8)14-10-5-3-4-6-10/h7,10H,3-6H2,1-2H3. The van der Waals surface area contributed by atoms with Crippen LogP contribution in [0.2, 0.25) is 0 Å². The number of nitrogens with zero attached hydrogens (tertiary/aromatic N) is 2. The largest absolute Gasteiger partial charge is 0.474 e. The number of rotatable bonds is 2. The van der Waals surface area contributed by atoms with Gasteiger partial charge in [-0.05, 0) is 39.5 Å². The normalized spacial score (nSPS) is 17.3. The third kappa shape index (κ3) is 2.22. The molecule has 0 N–H and O–H groups in total. The maximum Gasteiger partial charge on any atom is 0.217 e. The Bertz CT molecular complexity index is 299. The summed E-state index contributed by atoms with van der Waals surface area (Å²) in [5, 5.41) is 0. The van der Waals surface area contributed by atoms with Crippen LogP contribution in [-0.2, 0) is 0 Å². The van der Waals surface area contributed by atoms with Gasteiger partial charge in [0.15, 0.2) is 0 Å². The first-order valence-corrected chi connectivity index (χ1v) is 5.23. The van der Waals surface area contributed by atoms with Crippen molar-refractivity contribution in [3.8, 4) is 5.88 Å². The smallest absolute Gasteiger partial charge is 0.217 e. The third-order valence-electron chi connectivity index (χ3n) is 2.53. The monoisotopic (exact) mass is 192 g/mol. The minimum absolute atomic E-state index is 0.378. The van der Waals surface area contributed by atoms with Crippen LogP contribution < -0.4 is 4.74 Å². The van der Waals surface area contributed by atoms with Crippen LogP contribution in [0.1, 0.15) is 37.2 Å². The lowest BCUT2D eigenvalue weighted by molar-refractivity contribution is 0.200. The number of ether oxygens (including phenoxy) is 1. The van der Waals surface area contributed by atoms with Crippen LogP contribution in [0.3, 0.4) is 0 Å². The molecule has 1 aromatic rings. The lowest BCUT2D eigenvalue weighted by Crippen LogP contribution is -2.12. The molecule has 0 aromatic carbocycles. The van der Waals surface area contributed by atoms with Gasteiger partial charge in [-0.2, -0.15) is 4.98 Å². The second-order valence-corrected chi connectivity index (χ2v) is 3.92. The average molecular weight is 192 g/mol. The molecule has 1 fully saturated rings. The zero-order valence-corrected chi connectivity index (χ0v) is 8.79. The fourth-order valence-electron chi connectivity index (χ4n) is 1.92. The van der Waals surface area contributed by atoms with Crippen molar-refractivity contribution < 1.29 is 4.74 Å². The molecule has 3 nitrogen and oxygen atoms in total. The van der Waals surface area contributed by atoms with Crippen LogP contribution in [0, 0.1) is 13.8 Å². The Morgan fingerprint density at radius 3 is 2.57 bits per heavy atom. The molecular weight excluding hydrogens is 176 g/mol.